The molecule has 0 radical (unpaired) electrons. The number of hydrogen-bond donors (Lipinski definition) is 2. The summed E-state index contributed by atoms with van der Waals surface area (Å²) in [4.78, 5) is 16.4. The summed E-state index contributed by atoms with van der Waals surface area (Å²) in [5.74, 6) is -0.601. The zero-order valence-corrected chi connectivity index (χ0v) is 17.8. The van der Waals surface area contributed by atoms with Gasteiger partial charge in [0.1, 0.15) is 11.6 Å². The first-order chi connectivity index (χ1) is 14.8. The van der Waals surface area contributed by atoms with Gasteiger partial charge in [0.25, 0.3) is 15.9 Å². The van der Waals surface area contributed by atoms with Crippen molar-refractivity contribution in [3.8, 4) is 6.07 Å². The Bertz CT molecular complexity index is 1260. The number of benzene rings is 2. The van der Waals surface area contributed by atoms with Crippen LogP contribution >= 0.6 is 0 Å². The quantitative estimate of drug-likeness (QED) is 0.451. The van der Waals surface area contributed by atoms with Crippen LogP contribution in [0.4, 0.5) is 11.4 Å². The molecule has 8 heteroatoms. The summed E-state index contributed by atoms with van der Waals surface area (Å²) in [6.45, 7) is 3.66. The van der Waals surface area contributed by atoms with E-state index in [1.807, 2.05) is 38.1 Å². The summed E-state index contributed by atoms with van der Waals surface area (Å²) >= 11 is 0. The highest BCUT2D eigenvalue weighted by molar-refractivity contribution is 7.92. The minimum Gasteiger partial charge on any atom is -0.321 e. The van der Waals surface area contributed by atoms with Crippen LogP contribution < -0.4 is 10.0 Å². The van der Waals surface area contributed by atoms with Crippen molar-refractivity contribution in [3.63, 3.8) is 0 Å². The highest BCUT2D eigenvalue weighted by Gasteiger charge is 2.17. The first-order valence-electron chi connectivity index (χ1n) is 9.32. The van der Waals surface area contributed by atoms with Gasteiger partial charge in [0.15, 0.2) is 0 Å². The number of nitrogens with zero attached hydrogens (tertiary/aromatic N) is 2. The van der Waals surface area contributed by atoms with Crippen LogP contribution in [0.3, 0.4) is 0 Å². The van der Waals surface area contributed by atoms with E-state index in [-0.39, 0.29) is 10.5 Å². The summed E-state index contributed by atoms with van der Waals surface area (Å²) in [6, 6.07) is 16.5. The number of amides is 1. The molecular formula is C23H20N4O3S. The highest BCUT2D eigenvalue weighted by atomic mass is 32.2. The van der Waals surface area contributed by atoms with E-state index < -0.39 is 15.9 Å². The van der Waals surface area contributed by atoms with Gasteiger partial charge in [-0.3, -0.25) is 14.5 Å². The Morgan fingerprint density at radius 1 is 1.03 bits per heavy atom. The number of anilines is 2. The van der Waals surface area contributed by atoms with Crippen molar-refractivity contribution >= 4 is 33.4 Å². The minimum atomic E-state index is -3.80. The normalized spacial score (nSPS) is 11.5. The Morgan fingerprint density at radius 2 is 1.71 bits per heavy atom. The second-order valence-corrected chi connectivity index (χ2v) is 8.49. The molecule has 1 aromatic heterocycles. The lowest BCUT2D eigenvalue weighted by molar-refractivity contribution is -0.112. The third-order valence-corrected chi connectivity index (χ3v) is 5.87. The molecule has 3 aromatic rings. The average Bonchev–Trinajstić information content (AvgIpc) is 2.76. The molecule has 0 unspecified atom stereocenters. The fourth-order valence-corrected chi connectivity index (χ4v) is 4.06. The van der Waals surface area contributed by atoms with Gasteiger partial charge in [-0.1, -0.05) is 24.3 Å². The topological polar surface area (TPSA) is 112 Å². The van der Waals surface area contributed by atoms with Gasteiger partial charge in [-0.05, 0) is 66.9 Å². The summed E-state index contributed by atoms with van der Waals surface area (Å²) in [7, 11) is -3.80. The number of hydrogen-bond acceptors (Lipinski definition) is 5. The van der Waals surface area contributed by atoms with Gasteiger partial charge < -0.3 is 5.32 Å². The Kier molecular flexibility index (Phi) is 6.48. The molecule has 0 atom stereocenters. The molecule has 0 bridgehead atoms. The molecule has 156 valence electrons. The molecule has 0 fully saturated rings. The third kappa shape index (κ3) is 5.35. The lowest BCUT2D eigenvalue weighted by atomic mass is 10.1. The monoisotopic (exact) mass is 432 g/mol. The van der Waals surface area contributed by atoms with E-state index in [4.69, 9.17) is 0 Å². The van der Waals surface area contributed by atoms with E-state index >= 15 is 0 Å². The second kappa shape index (κ2) is 9.24. The zero-order valence-electron chi connectivity index (χ0n) is 17.0. The standard InChI is InChI=1S/C23H20N4O3S/c1-16-5-3-6-17(2)22(16)27-31(29,30)21-10-8-20(9-11-21)26-23(28)19(14-24)13-18-7-4-12-25-15-18/h3-13,15,27H,1-2H3,(H,26,28)/b19-13+. The maximum atomic E-state index is 12.7. The predicted molar refractivity (Wildman–Crippen MR) is 120 cm³/mol. The summed E-state index contributed by atoms with van der Waals surface area (Å²) in [5.41, 5.74) is 3.06. The van der Waals surface area contributed by atoms with Crippen LogP contribution in [0, 0.1) is 25.2 Å². The van der Waals surface area contributed by atoms with Crippen LogP contribution in [0.25, 0.3) is 6.08 Å². The van der Waals surface area contributed by atoms with Crippen LogP contribution in [0.5, 0.6) is 0 Å². The van der Waals surface area contributed by atoms with Gasteiger partial charge in [-0.2, -0.15) is 5.26 Å². The fraction of sp³-hybridized carbons (Fsp3) is 0.0870. The average molecular weight is 433 g/mol. The number of nitriles is 1. The second-order valence-electron chi connectivity index (χ2n) is 6.81. The molecule has 2 aromatic carbocycles. The van der Waals surface area contributed by atoms with Crippen molar-refractivity contribution in [1.29, 1.82) is 5.26 Å². The van der Waals surface area contributed by atoms with E-state index in [2.05, 4.69) is 15.0 Å². The number of pyridine rings is 1. The molecule has 0 aliphatic rings. The molecular weight excluding hydrogens is 412 g/mol. The lowest BCUT2D eigenvalue weighted by Gasteiger charge is -2.13. The highest BCUT2D eigenvalue weighted by Crippen LogP contribution is 2.24. The number of rotatable bonds is 6. The van der Waals surface area contributed by atoms with Crippen molar-refractivity contribution in [2.45, 2.75) is 18.7 Å². The maximum absolute atomic E-state index is 12.7. The molecule has 3 rings (SSSR count). The van der Waals surface area contributed by atoms with E-state index in [9.17, 15) is 18.5 Å². The number of nitrogens with one attached hydrogen (secondary N) is 2. The maximum Gasteiger partial charge on any atom is 0.266 e. The Labute approximate surface area is 181 Å². The molecule has 2 N–H and O–H groups in total. The molecule has 1 heterocycles. The predicted octanol–water partition coefficient (Wildman–Crippen LogP) is 4.04. The SMILES string of the molecule is Cc1cccc(C)c1NS(=O)(=O)c1ccc(NC(=O)/C(C#N)=C/c2cccnc2)cc1. The van der Waals surface area contributed by atoms with Crippen LogP contribution in [0.2, 0.25) is 0 Å². The van der Waals surface area contributed by atoms with Gasteiger partial charge >= 0.3 is 0 Å². The third-order valence-electron chi connectivity index (χ3n) is 4.50. The Balaban J connectivity index is 1.76. The molecule has 0 aliphatic carbocycles. The van der Waals surface area contributed by atoms with Crippen LogP contribution in [0.1, 0.15) is 16.7 Å². The molecule has 0 aliphatic heterocycles. The van der Waals surface area contributed by atoms with Crippen LogP contribution in [-0.4, -0.2) is 19.3 Å². The number of sulfonamides is 1. The molecule has 0 spiro atoms. The van der Waals surface area contributed by atoms with E-state index in [1.54, 1.807) is 18.3 Å². The Morgan fingerprint density at radius 3 is 2.29 bits per heavy atom. The molecule has 0 saturated heterocycles. The van der Waals surface area contributed by atoms with E-state index in [1.165, 1.54) is 36.5 Å². The fourth-order valence-electron chi connectivity index (χ4n) is 2.86. The first-order valence-corrected chi connectivity index (χ1v) is 10.8. The summed E-state index contributed by atoms with van der Waals surface area (Å²) < 4.78 is 28.1. The number of aryl methyl sites for hydroxylation is 2. The molecule has 0 saturated carbocycles. The summed E-state index contributed by atoms with van der Waals surface area (Å²) in [5, 5.41) is 11.9. The van der Waals surface area contributed by atoms with Gasteiger partial charge in [0.05, 0.1) is 10.6 Å². The number of aromatic nitrogens is 1. The number of carbonyl (C=O) groups excluding carboxylic acids is 1. The lowest BCUT2D eigenvalue weighted by Crippen LogP contribution is -2.16. The van der Waals surface area contributed by atoms with Crippen molar-refractivity contribution in [1.82, 2.24) is 4.98 Å². The minimum absolute atomic E-state index is 0.0551. The van der Waals surface area contributed by atoms with Gasteiger partial charge in [-0.25, -0.2) is 8.42 Å². The Hall–Kier alpha value is -3.96. The number of para-hydroxylation sites is 1. The smallest absolute Gasteiger partial charge is 0.266 e. The van der Waals surface area contributed by atoms with Crippen LogP contribution in [0.15, 0.2) is 77.5 Å². The van der Waals surface area contributed by atoms with E-state index in [0.717, 1.165) is 11.1 Å². The van der Waals surface area contributed by atoms with E-state index in [0.29, 0.717) is 16.9 Å². The van der Waals surface area contributed by atoms with Gasteiger partial charge in [0, 0.05) is 18.1 Å². The van der Waals surface area contributed by atoms with Crippen LogP contribution in [-0.2, 0) is 14.8 Å². The van der Waals surface area contributed by atoms with Gasteiger partial charge in [0.2, 0.25) is 0 Å². The largest absolute Gasteiger partial charge is 0.321 e. The van der Waals surface area contributed by atoms with Crippen molar-refractivity contribution in [3.05, 3.63) is 89.3 Å². The summed E-state index contributed by atoms with van der Waals surface area (Å²) in [6.07, 6.45) is 4.55. The number of carbonyl (C=O) groups is 1. The molecule has 1 amide bonds. The van der Waals surface area contributed by atoms with Crippen molar-refractivity contribution in [2.75, 3.05) is 10.0 Å². The van der Waals surface area contributed by atoms with Crippen molar-refractivity contribution < 1.29 is 13.2 Å². The zero-order chi connectivity index (χ0) is 22.4. The van der Waals surface area contributed by atoms with Gasteiger partial charge in [-0.15, -0.1) is 0 Å². The molecule has 7 nitrogen and oxygen atoms in total. The molecule has 31 heavy (non-hydrogen) atoms. The first kappa shape index (κ1) is 21.7. The van der Waals surface area contributed by atoms with Crippen molar-refractivity contribution in [2.24, 2.45) is 0 Å².